The van der Waals surface area contributed by atoms with Crippen LogP contribution in [0.4, 0.5) is 11.4 Å². The van der Waals surface area contributed by atoms with E-state index in [4.69, 9.17) is 0 Å². The highest BCUT2D eigenvalue weighted by Crippen LogP contribution is 2.28. The number of hydrogen-bond acceptors (Lipinski definition) is 5. The molecule has 1 aliphatic rings. The maximum Gasteiger partial charge on any atom is 0.270 e. The summed E-state index contributed by atoms with van der Waals surface area (Å²) in [4.78, 5) is 25.2. The van der Waals surface area contributed by atoms with Crippen molar-refractivity contribution in [2.75, 3.05) is 24.5 Å². The molecule has 7 heteroatoms. The molecule has 1 fully saturated rings. The summed E-state index contributed by atoms with van der Waals surface area (Å²) in [5, 5.41) is 23.4. The lowest BCUT2D eigenvalue weighted by Gasteiger charge is -2.30. The third kappa shape index (κ3) is 4.67. The van der Waals surface area contributed by atoms with Crippen molar-refractivity contribution in [2.24, 2.45) is 0 Å². The number of nitrogens with one attached hydrogen (secondary N) is 1. The van der Waals surface area contributed by atoms with Crippen molar-refractivity contribution >= 4 is 17.3 Å². The van der Waals surface area contributed by atoms with Gasteiger partial charge >= 0.3 is 0 Å². The fraction of sp³-hybridized carbons (Fsp3) is 0.588. The summed E-state index contributed by atoms with van der Waals surface area (Å²) in [5.41, 5.74) is 0.987. The molecule has 2 N–H and O–H groups in total. The van der Waals surface area contributed by atoms with E-state index in [1.807, 2.05) is 6.92 Å². The number of aliphatic hydroxyl groups is 1. The fourth-order valence-corrected chi connectivity index (χ4v) is 2.88. The Bertz CT molecular complexity index is 585. The van der Waals surface area contributed by atoms with Crippen molar-refractivity contribution in [2.45, 2.75) is 45.1 Å². The minimum atomic E-state index is -0.488. The van der Waals surface area contributed by atoms with E-state index in [0.717, 1.165) is 31.6 Å². The Morgan fingerprint density at radius 1 is 1.38 bits per heavy atom. The van der Waals surface area contributed by atoms with E-state index in [9.17, 15) is 20.0 Å². The quantitative estimate of drug-likeness (QED) is 0.589. The second-order valence-corrected chi connectivity index (χ2v) is 6.11. The summed E-state index contributed by atoms with van der Waals surface area (Å²) in [6.45, 7) is 3.93. The number of rotatable bonds is 7. The smallest absolute Gasteiger partial charge is 0.270 e. The first-order valence-electron chi connectivity index (χ1n) is 8.52. The van der Waals surface area contributed by atoms with Gasteiger partial charge in [-0.3, -0.25) is 14.9 Å². The van der Waals surface area contributed by atoms with Crippen LogP contribution in [0.25, 0.3) is 0 Å². The van der Waals surface area contributed by atoms with Crippen molar-refractivity contribution in [3.8, 4) is 0 Å². The number of carbonyl (C=O) groups excluding carboxylic acids is 1. The van der Waals surface area contributed by atoms with E-state index < -0.39 is 11.0 Å². The molecule has 2 rings (SSSR count). The van der Waals surface area contributed by atoms with Crippen LogP contribution in [-0.2, 0) is 0 Å². The summed E-state index contributed by atoms with van der Waals surface area (Å²) in [6, 6.07) is 4.45. The van der Waals surface area contributed by atoms with Crippen LogP contribution in [0.15, 0.2) is 18.2 Å². The van der Waals surface area contributed by atoms with Crippen molar-refractivity contribution in [3.63, 3.8) is 0 Å². The van der Waals surface area contributed by atoms with Gasteiger partial charge in [-0.25, -0.2) is 0 Å². The number of amides is 1. The number of nitro groups is 1. The topological polar surface area (TPSA) is 95.7 Å². The highest BCUT2D eigenvalue weighted by molar-refractivity contribution is 6.00. The monoisotopic (exact) mass is 335 g/mol. The third-order valence-corrected chi connectivity index (χ3v) is 4.37. The van der Waals surface area contributed by atoms with Crippen LogP contribution in [0.5, 0.6) is 0 Å². The molecule has 1 heterocycles. The van der Waals surface area contributed by atoms with Crippen LogP contribution in [0.1, 0.15) is 49.4 Å². The van der Waals surface area contributed by atoms with Crippen molar-refractivity contribution in [1.82, 2.24) is 5.32 Å². The van der Waals surface area contributed by atoms with Gasteiger partial charge in [-0.05, 0) is 38.2 Å². The molecule has 1 saturated heterocycles. The molecule has 1 aliphatic heterocycles. The lowest BCUT2D eigenvalue weighted by Crippen LogP contribution is -2.33. The summed E-state index contributed by atoms with van der Waals surface area (Å²) in [7, 11) is 0. The van der Waals surface area contributed by atoms with Gasteiger partial charge in [0.15, 0.2) is 0 Å². The molecule has 0 radical (unpaired) electrons. The average molecular weight is 335 g/mol. The largest absolute Gasteiger partial charge is 0.393 e. The van der Waals surface area contributed by atoms with E-state index in [1.165, 1.54) is 18.6 Å². The molecule has 1 aromatic rings. The molecule has 0 aliphatic carbocycles. The first-order valence-corrected chi connectivity index (χ1v) is 8.52. The molecular weight excluding hydrogens is 310 g/mol. The third-order valence-electron chi connectivity index (χ3n) is 4.37. The number of aliphatic hydroxyl groups excluding tert-OH is 1. The zero-order valence-electron chi connectivity index (χ0n) is 14.0. The number of anilines is 1. The van der Waals surface area contributed by atoms with Gasteiger partial charge in [0.1, 0.15) is 0 Å². The maximum atomic E-state index is 12.5. The Hall–Kier alpha value is -2.15. The maximum absolute atomic E-state index is 12.5. The Morgan fingerprint density at radius 2 is 2.08 bits per heavy atom. The standard InChI is InChI=1S/C17H25N3O4/c1-2-14(21)8-9-18-17(22)15-12-13(20(23)24)6-7-16(15)19-10-4-3-5-11-19/h6-7,12,14,21H,2-5,8-11H2,1H3,(H,18,22). The molecule has 24 heavy (non-hydrogen) atoms. The predicted molar refractivity (Wildman–Crippen MR) is 92.4 cm³/mol. The van der Waals surface area contributed by atoms with E-state index in [0.29, 0.717) is 24.9 Å². The predicted octanol–water partition coefficient (Wildman–Crippen LogP) is 2.48. The number of hydrogen-bond donors (Lipinski definition) is 2. The fourth-order valence-electron chi connectivity index (χ4n) is 2.88. The minimum absolute atomic E-state index is 0.0884. The van der Waals surface area contributed by atoms with Crippen LogP contribution in [0, 0.1) is 10.1 Å². The van der Waals surface area contributed by atoms with Crippen LogP contribution in [0.3, 0.4) is 0 Å². The normalized spacial score (nSPS) is 15.8. The van der Waals surface area contributed by atoms with Gasteiger partial charge in [-0.1, -0.05) is 6.92 Å². The molecule has 132 valence electrons. The highest BCUT2D eigenvalue weighted by atomic mass is 16.6. The number of non-ortho nitro benzene ring substituents is 1. The van der Waals surface area contributed by atoms with Gasteiger partial charge < -0.3 is 15.3 Å². The molecule has 1 unspecified atom stereocenters. The van der Waals surface area contributed by atoms with Gasteiger partial charge in [-0.2, -0.15) is 0 Å². The van der Waals surface area contributed by atoms with E-state index in [-0.39, 0.29) is 11.6 Å². The SMILES string of the molecule is CCC(O)CCNC(=O)c1cc([N+](=O)[O-])ccc1N1CCCCC1. The zero-order valence-corrected chi connectivity index (χ0v) is 14.0. The Kier molecular flexibility index (Phi) is 6.54. The zero-order chi connectivity index (χ0) is 17.5. The van der Waals surface area contributed by atoms with E-state index in [2.05, 4.69) is 10.2 Å². The average Bonchev–Trinajstić information content (AvgIpc) is 2.61. The molecule has 1 atom stereocenters. The summed E-state index contributed by atoms with van der Waals surface area (Å²) in [6.07, 6.45) is 3.93. The lowest BCUT2D eigenvalue weighted by molar-refractivity contribution is -0.384. The summed E-state index contributed by atoms with van der Waals surface area (Å²) < 4.78 is 0. The Morgan fingerprint density at radius 3 is 2.71 bits per heavy atom. The number of nitro benzene ring substituents is 1. The molecule has 0 aromatic heterocycles. The van der Waals surface area contributed by atoms with Crippen molar-refractivity contribution < 1.29 is 14.8 Å². The second-order valence-electron chi connectivity index (χ2n) is 6.11. The number of benzene rings is 1. The van der Waals surface area contributed by atoms with Gasteiger partial charge in [0.25, 0.3) is 11.6 Å². The van der Waals surface area contributed by atoms with Gasteiger partial charge in [0, 0.05) is 31.8 Å². The van der Waals surface area contributed by atoms with Crippen LogP contribution >= 0.6 is 0 Å². The Labute approximate surface area is 141 Å². The van der Waals surface area contributed by atoms with Crippen LogP contribution < -0.4 is 10.2 Å². The van der Waals surface area contributed by atoms with Crippen LogP contribution in [-0.4, -0.2) is 41.7 Å². The van der Waals surface area contributed by atoms with Crippen molar-refractivity contribution in [1.29, 1.82) is 0 Å². The summed E-state index contributed by atoms with van der Waals surface area (Å²) >= 11 is 0. The Balaban J connectivity index is 2.18. The summed E-state index contributed by atoms with van der Waals surface area (Å²) in [5.74, 6) is -0.331. The molecule has 7 nitrogen and oxygen atoms in total. The number of carbonyl (C=O) groups is 1. The molecule has 0 spiro atoms. The first kappa shape index (κ1) is 18.2. The minimum Gasteiger partial charge on any atom is -0.393 e. The molecule has 1 aromatic carbocycles. The van der Waals surface area contributed by atoms with E-state index >= 15 is 0 Å². The van der Waals surface area contributed by atoms with Crippen molar-refractivity contribution in [3.05, 3.63) is 33.9 Å². The number of nitrogens with zero attached hydrogens (tertiary/aromatic N) is 2. The number of piperidine rings is 1. The lowest BCUT2D eigenvalue weighted by atomic mass is 10.1. The van der Waals surface area contributed by atoms with E-state index in [1.54, 1.807) is 6.07 Å². The van der Waals surface area contributed by atoms with Gasteiger partial charge in [-0.15, -0.1) is 0 Å². The van der Waals surface area contributed by atoms with Crippen LogP contribution in [0.2, 0.25) is 0 Å². The van der Waals surface area contributed by atoms with Gasteiger partial charge in [0.05, 0.1) is 22.3 Å². The second kappa shape index (κ2) is 8.63. The van der Waals surface area contributed by atoms with Gasteiger partial charge in [0.2, 0.25) is 0 Å². The molecular formula is C17H25N3O4. The molecule has 0 bridgehead atoms. The molecule has 1 amide bonds. The molecule has 0 saturated carbocycles. The first-order chi connectivity index (χ1) is 11.5. The highest BCUT2D eigenvalue weighted by Gasteiger charge is 2.21.